The molecule has 5 nitrogen and oxygen atoms in total. The number of carbonyl (C=O) groups is 1. The van der Waals surface area contributed by atoms with Crippen LogP contribution in [0.3, 0.4) is 0 Å². The van der Waals surface area contributed by atoms with Gasteiger partial charge in [-0.25, -0.2) is 0 Å². The molecular weight excluding hydrogens is 268 g/mol. The molecule has 102 valence electrons. The molecule has 1 rings (SSSR count). The second-order valence-electron chi connectivity index (χ2n) is 3.46. The molecule has 0 spiro atoms. The number of ether oxygens (including phenoxy) is 2. The molecule has 6 heteroatoms. The Morgan fingerprint density at radius 2 is 2.00 bits per heavy atom. The molecule has 1 aromatic rings. The van der Waals surface area contributed by atoms with Crippen LogP contribution in [0.2, 0.25) is 0 Å². The fourth-order valence-electron chi connectivity index (χ4n) is 1.46. The molecule has 19 heavy (non-hydrogen) atoms. The minimum absolute atomic E-state index is 0.118. The van der Waals surface area contributed by atoms with E-state index in [-0.39, 0.29) is 5.03 Å². The molecule has 1 amide bonds. The molecule has 0 bridgehead atoms. The van der Waals surface area contributed by atoms with Gasteiger partial charge in [0.2, 0.25) is 0 Å². The van der Waals surface area contributed by atoms with Crippen molar-refractivity contribution in [2.45, 2.75) is 0 Å². The highest BCUT2D eigenvalue weighted by atomic mass is 35.5. The number of rotatable bonds is 5. The number of anilines is 1. The van der Waals surface area contributed by atoms with E-state index < -0.39 is 5.91 Å². The van der Waals surface area contributed by atoms with Gasteiger partial charge in [0.15, 0.2) is 11.5 Å². The average Bonchev–Trinajstić information content (AvgIpc) is 2.43. The Balaban J connectivity index is 3.24. The SMILES string of the molecule is C=C(Cl)C(=O)N(/C=C\N)c1ccc(OC)c(OC)c1. The highest BCUT2D eigenvalue weighted by Crippen LogP contribution is 2.32. The third-order valence-corrected chi connectivity index (χ3v) is 2.49. The lowest BCUT2D eigenvalue weighted by Crippen LogP contribution is -2.25. The molecule has 0 unspecified atom stereocenters. The van der Waals surface area contributed by atoms with Crippen molar-refractivity contribution in [3.63, 3.8) is 0 Å². The van der Waals surface area contributed by atoms with Crippen molar-refractivity contribution < 1.29 is 14.3 Å². The molecule has 0 aromatic heterocycles. The van der Waals surface area contributed by atoms with Crippen molar-refractivity contribution in [3.05, 3.63) is 42.2 Å². The summed E-state index contributed by atoms with van der Waals surface area (Å²) in [7, 11) is 3.04. The number of nitrogens with zero attached hydrogens (tertiary/aromatic N) is 1. The zero-order chi connectivity index (χ0) is 14.4. The number of methoxy groups -OCH3 is 2. The van der Waals surface area contributed by atoms with Crippen LogP contribution in [0.5, 0.6) is 11.5 Å². The minimum Gasteiger partial charge on any atom is -0.493 e. The van der Waals surface area contributed by atoms with Crippen LogP contribution in [0.25, 0.3) is 0 Å². The smallest absolute Gasteiger partial charge is 0.273 e. The molecule has 0 radical (unpaired) electrons. The van der Waals surface area contributed by atoms with Crippen LogP contribution in [0.15, 0.2) is 42.2 Å². The number of carbonyl (C=O) groups excluding carboxylic acids is 1. The zero-order valence-corrected chi connectivity index (χ0v) is 11.5. The van der Waals surface area contributed by atoms with Gasteiger partial charge >= 0.3 is 0 Å². The van der Waals surface area contributed by atoms with Crippen LogP contribution in [-0.2, 0) is 4.79 Å². The summed E-state index contributed by atoms with van der Waals surface area (Å²) in [5, 5.41) is -0.118. The molecule has 0 saturated carbocycles. The van der Waals surface area contributed by atoms with Gasteiger partial charge in [0.25, 0.3) is 5.91 Å². The Bertz CT molecular complexity index is 515. The predicted octanol–water partition coefficient (Wildman–Crippen LogP) is 2.22. The van der Waals surface area contributed by atoms with Gasteiger partial charge in [0, 0.05) is 18.5 Å². The van der Waals surface area contributed by atoms with Crippen molar-refractivity contribution in [3.8, 4) is 11.5 Å². The number of hydrogen-bond acceptors (Lipinski definition) is 4. The normalized spacial score (nSPS) is 10.3. The highest BCUT2D eigenvalue weighted by Gasteiger charge is 2.17. The van der Waals surface area contributed by atoms with E-state index in [2.05, 4.69) is 6.58 Å². The lowest BCUT2D eigenvalue weighted by atomic mass is 10.2. The third-order valence-electron chi connectivity index (χ3n) is 2.33. The summed E-state index contributed by atoms with van der Waals surface area (Å²) < 4.78 is 10.3. The van der Waals surface area contributed by atoms with Crippen molar-refractivity contribution >= 4 is 23.2 Å². The predicted molar refractivity (Wildman–Crippen MR) is 75.4 cm³/mol. The molecule has 0 heterocycles. The number of nitrogens with two attached hydrogens (primary N) is 1. The van der Waals surface area contributed by atoms with E-state index in [1.54, 1.807) is 18.2 Å². The monoisotopic (exact) mass is 282 g/mol. The van der Waals surface area contributed by atoms with Gasteiger partial charge in [-0.3, -0.25) is 9.69 Å². The summed E-state index contributed by atoms with van der Waals surface area (Å²) >= 11 is 5.62. The van der Waals surface area contributed by atoms with Crippen LogP contribution in [0.4, 0.5) is 5.69 Å². The van der Waals surface area contributed by atoms with E-state index in [1.165, 1.54) is 31.5 Å². The molecule has 2 N–H and O–H groups in total. The molecular formula is C13H15ClN2O3. The Morgan fingerprint density at radius 1 is 1.37 bits per heavy atom. The lowest BCUT2D eigenvalue weighted by molar-refractivity contribution is -0.114. The van der Waals surface area contributed by atoms with Crippen LogP contribution < -0.4 is 20.1 Å². The molecule has 0 fully saturated rings. The Kier molecular flexibility index (Phi) is 5.26. The second kappa shape index (κ2) is 6.70. The molecule has 0 saturated heterocycles. The molecule has 0 atom stereocenters. The van der Waals surface area contributed by atoms with Crippen LogP contribution in [0.1, 0.15) is 0 Å². The zero-order valence-electron chi connectivity index (χ0n) is 10.7. The fourth-order valence-corrected chi connectivity index (χ4v) is 1.55. The van der Waals surface area contributed by atoms with Crippen LogP contribution >= 0.6 is 11.6 Å². The van der Waals surface area contributed by atoms with E-state index >= 15 is 0 Å². The number of halogens is 1. The van der Waals surface area contributed by atoms with Gasteiger partial charge in [-0.15, -0.1) is 0 Å². The number of hydrogen-bond donors (Lipinski definition) is 1. The first-order chi connectivity index (χ1) is 9.04. The molecule has 1 aromatic carbocycles. The van der Waals surface area contributed by atoms with Gasteiger partial charge in [-0.1, -0.05) is 18.2 Å². The highest BCUT2D eigenvalue weighted by molar-refractivity contribution is 6.43. The average molecular weight is 283 g/mol. The van der Waals surface area contributed by atoms with Gasteiger partial charge in [0.1, 0.15) is 0 Å². The molecule has 0 aliphatic carbocycles. The Morgan fingerprint density at radius 3 is 2.47 bits per heavy atom. The maximum atomic E-state index is 11.9. The van der Waals surface area contributed by atoms with Gasteiger partial charge in [-0.05, 0) is 12.1 Å². The number of benzene rings is 1. The summed E-state index contributed by atoms with van der Waals surface area (Å²) in [5.41, 5.74) is 5.86. The standard InChI is InChI=1S/C13H15ClN2O3/c1-9(14)13(17)16(7-6-15)10-4-5-11(18-2)12(8-10)19-3/h4-8H,1,15H2,2-3H3/b7-6-. The van der Waals surface area contributed by atoms with Crippen molar-refractivity contribution in [1.29, 1.82) is 0 Å². The third kappa shape index (κ3) is 3.42. The van der Waals surface area contributed by atoms with Gasteiger partial charge < -0.3 is 15.2 Å². The summed E-state index contributed by atoms with van der Waals surface area (Å²) in [6, 6.07) is 4.99. The van der Waals surface area contributed by atoms with E-state index in [0.29, 0.717) is 17.2 Å². The maximum Gasteiger partial charge on any atom is 0.273 e. The first-order valence-corrected chi connectivity index (χ1v) is 5.71. The molecule has 0 aliphatic heterocycles. The Hall–Kier alpha value is -2.14. The number of amides is 1. The van der Waals surface area contributed by atoms with E-state index in [4.69, 9.17) is 26.8 Å². The molecule has 0 aliphatic rings. The first kappa shape index (κ1) is 14.9. The van der Waals surface area contributed by atoms with Gasteiger partial charge in [-0.2, -0.15) is 0 Å². The summed E-state index contributed by atoms with van der Waals surface area (Å²) in [5.74, 6) is 0.569. The summed E-state index contributed by atoms with van der Waals surface area (Å²) in [4.78, 5) is 13.2. The minimum atomic E-state index is -0.476. The summed E-state index contributed by atoms with van der Waals surface area (Å²) in [6.07, 6.45) is 2.62. The lowest BCUT2D eigenvalue weighted by Gasteiger charge is -2.19. The first-order valence-electron chi connectivity index (χ1n) is 5.33. The van der Waals surface area contributed by atoms with Crippen molar-refractivity contribution in [2.75, 3.05) is 19.1 Å². The van der Waals surface area contributed by atoms with Crippen molar-refractivity contribution in [1.82, 2.24) is 0 Å². The van der Waals surface area contributed by atoms with Crippen molar-refractivity contribution in [2.24, 2.45) is 5.73 Å². The maximum absolute atomic E-state index is 11.9. The van der Waals surface area contributed by atoms with E-state index in [0.717, 1.165) is 0 Å². The quantitative estimate of drug-likeness (QED) is 0.841. The van der Waals surface area contributed by atoms with E-state index in [1.807, 2.05) is 0 Å². The van der Waals surface area contributed by atoms with Crippen LogP contribution in [-0.4, -0.2) is 20.1 Å². The largest absolute Gasteiger partial charge is 0.493 e. The summed E-state index contributed by atoms with van der Waals surface area (Å²) in [6.45, 7) is 3.40. The Labute approximate surface area is 116 Å². The van der Waals surface area contributed by atoms with E-state index in [9.17, 15) is 4.79 Å². The van der Waals surface area contributed by atoms with Gasteiger partial charge in [0.05, 0.1) is 24.9 Å². The second-order valence-corrected chi connectivity index (χ2v) is 3.92. The van der Waals surface area contributed by atoms with Crippen LogP contribution in [0, 0.1) is 0 Å². The topological polar surface area (TPSA) is 64.8 Å². The fraction of sp³-hybridized carbons (Fsp3) is 0.154.